The average molecular weight is 234 g/mol. The Morgan fingerprint density at radius 3 is 2.81 bits per heavy atom. The topological polar surface area (TPSA) is 84.7 Å². The van der Waals surface area contributed by atoms with E-state index in [2.05, 4.69) is 15.2 Å². The second kappa shape index (κ2) is 4.80. The van der Waals surface area contributed by atoms with E-state index >= 15 is 0 Å². The molecular weight excluding hydrogens is 224 g/mol. The summed E-state index contributed by atoms with van der Waals surface area (Å²) < 4.78 is 0. The number of anilines is 1. The van der Waals surface area contributed by atoms with Gasteiger partial charge in [0, 0.05) is 5.75 Å². The Morgan fingerprint density at radius 2 is 2.06 bits per heavy atom. The van der Waals surface area contributed by atoms with Crippen LogP contribution in [0.5, 0.6) is 0 Å². The van der Waals surface area contributed by atoms with Gasteiger partial charge >= 0.3 is 5.69 Å². The first-order chi connectivity index (χ1) is 7.75. The second-order valence-electron chi connectivity index (χ2n) is 3.11. The number of aromatic nitrogens is 3. The lowest BCUT2D eigenvalue weighted by Crippen LogP contribution is -2.15. The van der Waals surface area contributed by atoms with Crippen molar-refractivity contribution in [3.8, 4) is 0 Å². The van der Waals surface area contributed by atoms with E-state index in [1.54, 1.807) is 0 Å². The van der Waals surface area contributed by atoms with Crippen molar-refractivity contribution in [2.45, 2.75) is 10.8 Å². The van der Waals surface area contributed by atoms with Crippen molar-refractivity contribution in [2.75, 3.05) is 5.73 Å². The molecule has 16 heavy (non-hydrogen) atoms. The van der Waals surface area contributed by atoms with Crippen LogP contribution in [0.25, 0.3) is 0 Å². The summed E-state index contributed by atoms with van der Waals surface area (Å²) in [5.74, 6) is 0.962. The molecule has 0 fully saturated rings. The Hall–Kier alpha value is -1.82. The predicted octanol–water partition coefficient (Wildman–Crippen LogP) is 1.04. The molecule has 1 aromatic heterocycles. The Kier molecular flexibility index (Phi) is 3.21. The van der Waals surface area contributed by atoms with Crippen LogP contribution in [0.1, 0.15) is 5.56 Å². The van der Waals surface area contributed by atoms with Crippen molar-refractivity contribution in [3.05, 3.63) is 46.4 Å². The van der Waals surface area contributed by atoms with Crippen LogP contribution < -0.4 is 11.4 Å². The maximum absolute atomic E-state index is 11.0. The molecule has 0 spiro atoms. The quantitative estimate of drug-likeness (QED) is 0.775. The summed E-state index contributed by atoms with van der Waals surface area (Å²) >= 11 is 1.40. The van der Waals surface area contributed by atoms with Crippen LogP contribution >= 0.6 is 11.8 Å². The molecule has 0 saturated carbocycles. The molecule has 0 radical (unpaired) electrons. The van der Waals surface area contributed by atoms with Crippen LogP contribution in [0.3, 0.4) is 0 Å². The molecule has 0 atom stereocenters. The van der Waals surface area contributed by atoms with Crippen molar-refractivity contribution < 1.29 is 0 Å². The Morgan fingerprint density at radius 1 is 1.31 bits per heavy atom. The third-order valence-electron chi connectivity index (χ3n) is 1.91. The van der Waals surface area contributed by atoms with E-state index in [9.17, 15) is 4.79 Å². The van der Waals surface area contributed by atoms with E-state index in [0.717, 1.165) is 5.56 Å². The summed E-state index contributed by atoms with van der Waals surface area (Å²) in [6, 6.07) is 9.88. The van der Waals surface area contributed by atoms with Gasteiger partial charge in [-0.2, -0.15) is 10.1 Å². The van der Waals surface area contributed by atoms with Crippen LogP contribution in [0.15, 0.2) is 40.2 Å². The SMILES string of the molecule is Nc1n[nH]c(=O)nc1SCc1ccccc1. The Labute approximate surface area is 96.1 Å². The Bertz CT molecular complexity index is 526. The van der Waals surface area contributed by atoms with Gasteiger partial charge in [-0.3, -0.25) is 0 Å². The molecule has 0 aliphatic rings. The van der Waals surface area contributed by atoms with Gasteiger partial charge in [0.25, 0.3) is 0 Å². The lowest BCUT2D eigenvalue weighted by atomic mass is 10.2. The predicted molar refractivity (Wildman–Crippen MR) is 63.1 cm³/mol. The van der Waals surface area contributed by atoms with Gasteiger partial charge in [-0.25, -0.2) is 9.89 Å². The third-order valence-corrected chi connectivity index (χ3v) is 2.96. The molecule has 0 saturated heterocycles. The number of benzene rings is 1. The number of nitrogens with one attached hydrogen (secondary N) is 1. The van der Waals surface area contributed by atoms with E-state index in [-0.39, 0.29) is 5.82 Å². The number of nitrogens with zero attached hydrogens (tertiary/aromatic N) is 2. The number of hydrogen-bond acceptors (Lipinski definition) is 5. The first kappa shape index (κ1) is 10.7. The second-order valence-corrected chi connectivity index (χ2v) is 4.07. The molecule has 0 aliphatic carbocycles. The zero-order chi connectivity index (χ0) is 11.4. The highest BCUT2D eigenvalue weighted by Crippen LogP contribution is 2.22. The highest BCUT2D eigenvalue weighted by molar-refractivity contribution is 7.98. The minimum atomic E-state index is -0.482. The fourth-order valence-electron chi connectivity index (χ4n) is 1.16. The first-order valence-electron chi connectivity index (χ1n) is 4.64. The van der Waals surface area contributed by atoms with Crippen molar-refractivity contribution in [2.24, 2.45) is 0 Å². The van der Waals surface area contributed by atoms with Crippen LogP contribution in [-0.2, 0) is 5.75 Å². The highest BCUT2D eigenvalue weighted by Gasteiger charge is 2.04. The molecule has 0 amide bonds. The number of thioether (sulfide) groups is 1. The zero-order valence-electron chi connectivity index (χ0n) is 8.38. The summed E-state index contributed by atoms with van der Waals surface area (Å²) in [5.41, 5.74) is 6.25. The number of rotatable bonds is 3. The van der Waals surface area contributed by atoms with Crippen molar-refractivity contribution in [1.82, 2.24) is 15.2 Å². The summed E-state index contributed by atoms with van der Waals surface area (Å²) in [6.45, 7) is 0. The molecule has 1 heterocycles. The minimum absolute atomic E-state index is 0.250. The molecule has 3 N–H and O–H groups in total. The number of hydrogen-bond donors (Lipinski definition) is 2. The lowest BCUT2D eigenvalue weighted by molar-refractivity contribution is 0.865. The van der Waals surface area contributed by atoms with Gasteiger partial charge < -0.3 is 5.73 Å². The molecule has 82 valence electrons. The van der Waals surface area contributed by atoms with E-state index in [1.165, 1.54) is 11.8 Å². The monoisotopic (exact) mass is 234 g/mol. The Balaban J connectivity index is 2.10. The number of nitrogens with two attached hydrogens (primary N) is 1. The van der Waals surface area contributed by atoms with Crippen molar-refractivity contribution in [3.63, 3.8) is 0 Å². The molecule has 2 rings (SSSR count). The lowest BCUT2D eigenvalue weighted by Gasteiger charge is -2.02. The molecule has 5 nitrogen and oxygen atoms in total. The fraction of sp³-hybridized carbons (Fsp3) is 0.100. The van der Waals surface area contributed by atoms with E-state index in [1.807, 2.05) is 30.3 Å². The third kappa shape index (κ3) is 2.60. The smallest absolute Gasteiger partial charge is 0.362 e. The molecule has 0 unspecified atom stereocenters. The van der Waals surface area contributed by atoms with Crippen molar-refractivity contribution >= 4 is 17.6 Å². The molecule has 0 aliphatic heterocycles. The number of aromatic amines is 1. The van der Waals surface area contributed by atoms with E-state index in [4.69, 9.17) is 5.73 Å². The van der Waals surface area contributed by atoms with Crippen molar-refractivity contribution in [1.29, 1.82) is 0 Å². The number of H-pyrrole nitrogens is 1. The average Bonchev–Trinajstić information content (AvgIpc) is 2.32. The molecule has 0 bridgehead atoms. The van der Waals surface area contributed by atoms with Gasteiger partial charge in [-0.1, -0.05) is 42.1 Å². The van der Waals surface area contributed by atoms with Gasteiger partial charge in [0.15, 0.2) is 5.82 Å². The van der Waals surface area contributed by atoms with Gasteiger partial charge in [0.05, 0.1) is 0 Å². The van der Waals surface area contributed by atoms with E-state index < -0.39 is 5.69 Å². The number of nitrogen functional groups attached to an aromatic ring is 1. The molecule has 2 aromatic rings. The minimum Gasteiger partial charge on any atom is -0.380 e. The largest absolute Gasteiger partial charge is 0.380 e. The van der Waals surface area contributed by atoms with E-state index in [0.29, 0.717) is 10.8 Å². The summed E-state index contributed by atoms with van der Waals surface area (Å²) in [7, 11) is 0. The highest BCUT2D eigenvalue weighted by atomic mass is 32.2. The van der Waals surface area contributed by atoms with Crippen LogP contribution in [0, 0.1) is 0 Å². The zero-order valence-corrected chi connectivity index (χ0v) is 9.20. The van der Waals surface area contributed by atoms with Gasteiger partial charge in [-0.15, -0.1) is 0 Å². The molecular formula is C10H10N4OS. The normalized spacial score (nSPS) is 10.2. The fourth-order valence-corrected chi connectivity index (χ4v) is 2.00. The maximum atomic E-state index is 11.0. The standard InChI is InChI=1S/C10H10N4OS/c11-8-9(12-10(15)14-13-8)16-6-7-4-2-1-3-5-7/h1-5H,6H2,(H2,11,13)(H,12,14,15). The van der Waals surface area contributed by atoms with Crippen LogP contribution in [0.2, 0.25) is 0 Å². The summed E-state index contributed by atoms with van der Waals surface area (Å²) in [5, 5.41) is 6.30. The molecule has 1 aromatic carbocycles. The van der Waals surface area contributed by atoms with Crippen LogP contribution in [-0.4, -0.2) is 15.2 Å². The summed E-state index contributed by atoms with van der Waals surface area (Å²) in [6.07, 6.45) is 0. The molecule has 6 heteroatoms. The maximum Gasteiger partial charge on any atom is 0.362 e. The van der Waals surface area contributed by atoms with Gasteiger partial charge in [0.2, 0.25) is 0 Å². The summed E-state index contributed by atoms with van der Waals surface area (Å²) in [4.78, 5) is 14.7. The van der Waals surface area contributed by atoms with Gasteiger partial charge in [0.1, 0.15) is 5.03 Å². The van der Waals surface area contributed by atoms with Gasteiger partial charge in [-0.05, 0) is 5.56 Å². The van der Waals surface area contributed by atoms with Crippen LogP contribution in [0.4, 0.5) is 5.82 Å². The first-order valence-corrected chi connectivity index (χ1v) is 5.63.